The monoisotopic (exact) mass is 195 g/mol. The highest BCUT2D eigenvalue weighted by Gasteiger charge is 2.23. The van der Waals surface area contributed by atoms with E-state index in [1.54, 1.807) is 0 Å². The van der Waals surface area contributed by atoms with E-state index >= 15 is 0 Å². The molecule has 4 heteroatoms. The van der Waals surface area contributed by atoms with Gasteiger partial charge in [0.25, 0.3) is 0 Å². The van der Waals surface area contributed by atoms with E-state index in [4.69, 9.17) is 4.52 Å². The van der Waals surface area contributed by atoms with Crippen LogP contribution in [0.25, 0.3) is 0 Å². The van der Waals surface area contributed by atoms with Gasteiger partial charge in [-0.25, -0.2) is 0 Å². The number of aromatic nitrogens is 2. The van der Waals surface area contributed by atoms with Crippen molar-refractivity contribution < 1.29 is 4.52 Å². The van der Waals surface area contributed by atoms with Crippen molar-refractivity contribution in [1.82, 2.24) is 10.1 Å². The molecular weight excluding hydrogens is 178 g/mol. The van der Waals surface area contributed by atoms with Crippen molar-refractivity contribution >= 4 is 6.01 Å². The van der Waals surface area contributed by atoms with Gasteiger partial charge in [-0.1, -0.05) is 25.9 Å². The van der Waals surface area contributed by atoms with Crippen LogP contribution in [0.1, 0.15) is 38.9 Å². The van der Waals surface area contributed by atoms with Gasteiger partial charge in [-0.2, -0.15) is 4.98 Å². The summed E-state index contributed by atoms with van der Waals surface area (Å²) in [5.41, 5.74) is 0. The molecule has 0 saturated carbocycles. The van der Waals surface area contributed by atoms with Crippen LogP contribution in [0.15, 0.2) is 4.52 Å². The first-order valence-corrected chi connectivity index (χ1v) is 5.25. The van der Waals surface area contributed by atoms with Crippen LogP contribution in [-0.2, 0) is 0 Å². The van der Waals surface area contributed by atoms with Gasteiger partial charge in [0.15, 0.2) is 5.82 Å². The Kier molecular flexibility index (Phi) is 2.44. The smallest absolute Gasteiger partial charge is 0.324 e. The summed E-state index contributed by atoms with van der Waals surface area (Å²) in [4.78, 5) is 6.54. The zero-order valence-corrected chi connectivity index (χ0v) is 9.03. The number of nitrogens with zero attached hydrogens (tertiary/aromatic N) is 3. The molecular formula is C10H17N3O. The van der Waals surface area contributed by atoms with Crippen LogP contribution >= 0.6 is 0 Å². The van der Waals surface area contributed by atoms with Crippen LogP contribution < -0.4 is 4.90 Å². The lowest BCUT2D eigenvalue weighted by Crippen LogP contribution is -2.19. The fourth-order valence-corrected chi connectivity index (χ4v) is 1.70. The van der Waals surface area contributed by atoms with Gasteiger partial charge >= 0.3 is 6.01 Å². The standard InChI is InChI=1S/C10H17N3O/c1-7(2)9-11-10(14-12-9)13-5-4-8(3)6-13/h7-8H,4-6H2,1-3H3. The minimum atomic E-state index is 0.340. The Morgan fingerprint density at radius 2 is 2.29 bits per heavy atom. The van der Waals surface area contributed by atoms with E-state index in [0.717, 1.165) is 24.8 Å². The summed E-state index contributed by atoms with van der Waals surface area (Å²) in [5.74, 6) is 1.89. The molecule has 0 aliphatic carbocycles. The van der Waals surface area contributed by atoms with Gasteiger partial charge in [-0.15, -0.1) is 0 Å². The van der Waals surface area contributed by atoms with Crippen LogP contribution in [0.4, 0.5) is 6.01 Å². The molecule has 2 rings (SSSR count). The second-order valence-electron chi connectivity index (χ2n) is 4.43. The molecule has 0 bridgehead atoms. The van der Waals surface area contributed by atoms with Crippen LogP contribution in [-0.4, -0.2) is 23.2 Å². The molecule has 0 N–H and O–H groups in total. The third kappa shape index (κ3) is 1.74. The summed E-state index contributed by atoms with van der Waals surface area (Å²) in [6.45, 7) is 8.48. The van der Waals surface area contributed by atoms with Crippen molar-refractivity contribution in [3.05, 3.63) is 5.82 Å². The van der Waals surface area contributed by atoms with Gasteiger partial charge in [0, 0.05) is 19.0 Å². The second-order valence-corrected chi connectivity index (χ2v) is 4.43. The number of anilines is 1. The van der Waals surface area contributed by atoms with Gasteiger partial charge in [0.1, 0.15) is 0 Å². The predicted octanol–water partition coefficient (Wildman–Crippen LogP) is 2.04. The van der Waals surface area contributed by atoms with Gasteiger partial charge in [-0.3, -0.25) is 0 Å². The summed E-state index contributed by atoms with van der Waals surface area (Å²) in [6, 6.07) is 0.693. The van der Waals surface area contributed by atoms with Crippen molar-refractivity contribution in [2.75, 3.05) is 18.0 Å². The fraction of sp³-hybridized carbons (Fsp3) is 0.800. The first kappa shape index (κ1) is 9.49. The summed E-state index contributed by atoms with van der Waals surface area (Å²) in [6.07, 6.45) is 1.22. The van der Waals surface area contributed by atoms with Crippen LogP contribution in [0, 0.1) is 5.92 Å². The average Bonchev–Trinajstić information content (AvgIpc) is 2.70. The Labute approximate surface area is 84.3 Å². The summed E-state index contributed by atoms with van der Waals surface area (Å²) < 4.78 is 5.22. The minimum absolute atomic E-state index is 0.340. The van der Waals surface area contributed by atoms with E-state index in [1.165, 1.54) is 6.42 Å². The van der Waals surface area contributed by atoms with E-state index in [0.29, 0.717) is 11.9 Å². The Balaban J connectivity index is 2.09. The lowest BCUT2D eigenvalue weighted by Gasteiger charge is -2.10. The Morgan fingerprint density at radius 1 is 1.50 bits per heavy atom. The molecule has 14 heavy (non-hydrogen) atoms. The molecule has 4 nitrogen and oxygen atoms in total. The molecule has 0 spiro atoms. The maximum absolute atomic E-state index is 5.22. The van der Waals surface area contributed by atoms with Gasteiger partial charge < -0.3 is 9.42 Å². The topological polar surface area (TPSA) is 42.2 Å². The molecule has 1 aliphatic heterocycles. The highest BCUT2D eigenvalue weighted by atomic mass is 16.5. The number of rotatable bonds is 2. The Bertz CT molecular complexity index is 308. The normalized spacial score (nSPS) is 22.3. The summed E-state index contributed by atoms with van der Waals surface area (Å²) in [5, 5.41) is 3.96. The molecule has 1 aliphatic rings. The molecule has 0 radical (unpaired) electrons. The molecule has 1 aromatic rings. The first-order valence-electron chi connectivity index (χ1n) is 5.25. The molecule has 1 unspecified atom stereocenters. The molecule has 1 fully saturated rings. The second kappa shape index (κ2) is 3.59. The molecule has 1 atom stereocenters. The minimum Gasteiger partial charge on any atom is -0.324 e. The van der Waals surface area contributed by atoms with Crippen LogP contribution in [0.2, 0.25) is 0 Å². The molecule has 0 aromatic carbocycles. The van der Waals surface area contributed by atoms with Crippen molar-refractivity contribution in [3.8, 4) is 0 Å². The summed E-state index contributed by atoms with van der Waals surface area (Å²) >= 11 is 0. The lowest BCUT2D eigenvalue weighted by atomic mass is 10.2. The zero-order chi connectivity index (χ0) is 10.1. The molecule has 1 saturated heterocycles. The number of hydrogen-bond acceptors (Lipinski definition) is 4. The van der Waals surface area contributed by atoms with Gasteiger partial charge in [0.2, 0.25) is 0 Å². The molecule has 1 aromatic heterocycles. The molecule has 0 amide bonds. The average molecular weight is 195 g/mol. The van der Waals surface area contributed by atoms with Crippen LogP contribution in [0.5, 0.6) is 0 Å². The zero-order valence-electron chi connectivity index (χ0n) is 9.03. The largest absolute Gasteiger partial charge is 0.324 e. The quantitative estimate of drug-likeness (QED) is 0.724. The Hall–Kier alpha value is -1.06. The van der Waals surface area contributed by atoms with Gasteiger partial charge in [-0.05, 0) is 12.3 Å². The SMILES string of the molecule is CC1CCN(c2nc(C(C)C)no2)C1. The third-order valence-corrected chi connectivity index (χ3v) is 2.64. The molecule has 78 valence electrons. The predicted molar refractivity (Wildman–Crippen MR) is 54.4 cm³/mol. The van der Waals surface area contributed by atoms with E-state index < -0.39 is 0 Å². The van der Waals surface area contributed by atoms with Crippen molar-refractivity contribution in [2.24, 2.45) is 5.92 Å². The van der Waals surface area contributed by atoms with Gasteiger partial charge in [0.05, 0.1) is 0 Å². The first-order chi connectivity index (χ1) is 6.66. The maximum Gasteiger partial charge on any atom is 0.324 e. The fourth-order valence-electron chi connectivity index (χ4n) is 1.70. The maximum atomic E-state index is 5.22. The van der Waals surface area contributed by atoms with Crippen molar-refractivity contribution in [3.63, 3.8) is 0 Å². The van der Waals surface area contributed by atoms with E-state index in [1.807, 2.05) is 0 Å². The lowest BCUT2D eigenvalue weighted by molar-refractivity contribution is 0.407. The summed E-state index contributed by atoms with van der Waals surface area (Å²) in [7, 11) is 0. The molecule has 2 heterocycles. The van der Waals surface area contributed by atoms with Crippen molar-refractivity contribution in [2.45, 2.75) is 33.1 Å². The van der Waals surface area contributed by atoms with E-state index in [9.17, 15) is 0 Å². The van der Waals surface area contributed by atoms with E-state index in [2.05, 4.69) is 35.8 Å². The highest BCUT2D eigenvalue weighted by Crippen LogP contribution is 2.23. The Morgan fingerprint density at radius 3 is 2.79 bits per heavy atom. The number of hydrogen-bond donors (Lipinski definition) is 0. The highest BCUT2D eigenvalue weighted by molar-refractivity contribution is 5.27. The van der Waals surface area contributed by atoms with Crippen LogP contribution in [0.3, 0.4) is 0 Å². The third-order valence-electron chi connectivity index (χ3n) is 2.64. The van der Waals surface area contributed by atoms with E-state index in [-0.39, 0.29) is 0 Å². The van der Waals surface area contributed by atoms with Crippen molar-refractivity contribution in [1.29, 1.82) is 0 Å².